The molecule has 182 valence electrons. The predicted octanol–water partition coefficient (Wildman–Crippen LogP) is 4.16. The molecule has 3 N–H and O–H groups in total. The second-order valence-corrected chi connectivity index (χ2v) is 8.63. The summed E-state index contributed by atoms with van der Waals surface area (Å²) in [6, 6.07) is 13.4. The summed E-state index contributed by atoms with van der Waals surface area (Å²) in [7, 11) is 0. The van der Waals surface area contributed by atoms with Gasteiger partial charge in [0.25, 0.3) is 6.43 Å². The SMILES string of the molecule is CC(C)[C@H](CC(=O)NC(CC(=O)O)C(F)F)NC(=O)OCC1c2ccccc2-c2ccccc21. The predicted molar refractivity (Wildman–Crippen MR) is 122 cm³/mol. The van der Waals surface area contributed by atoms with Crippen molar-refractivity contribution in [3.05, 3.63) is 59.7 Å². The van der Waals surface area contributed by atoms with Crippen LogP contribution < -0.4 is 10.6 Å². The number of halogens is 2. The molecule has 34 heavy (non-hydrogen) atoms. The molecule has 0 heterocycles. The Kier molecular flexibility index (Phi) is 8.20. The Morgan fingerprint density at radius 3 is 1.97 bits per heavy atom. The topological polar surface area (TPSA) is 105 Å². The average molecular weight is 475 g/mol. The van der Waals surface area contributed by atoms with E-state index in [0.717, 1.165) is 22.3 Å². The number of aliphatic carboxylic acids is 1. The lowest BCUT2D eigenvalue weighted by Crippen LogP contribution is -2.46. The molecule has 2 aromatic carbocycles. The summed E-state index contributed by atoms with van der Waals surface area (Å²) in [6.45, 7) is 3.63. The molecule has 7 nitrogen and oxygen atoms in total. The van der Waals surface area contributed by atoms with E-state index >= 15 is 0 Å². The van der Waals surface area contributed by atoms with Gasteiger partial charge >= 0.3 is 12.1 Å². The van der Waals surface area contributed by atoms with Crippen molar-refractivity contribution in [1.82, 2.24) is 10.6 Å². The van der Waals surface area contributed by atoms with Gasteiger partial charge in [0.1, 0.15) is 12.6 Å². The minimum atomic E-state index is -3.02. The molecule has 9 heteroatoms. The number of hydrogen-bond donors (Lipinski definition) is 3. The maximum atomic E-state index is 13.0. The monoisotopic (exact) mass is 474 g/mol. The third kappa shape index (κ3) is 6.09. The second kappa shape index (κ2) is 11.1. The molecule has 3 rings (SSSR count). The normalized spacial score (nSPS) is 14.3. The van der Waals surface area contributed by atoms with E-state index in [1.807, 2.05) is 53.8 Å². The zero-order valence-electron chi connectivity index (χ0n) is 19.0. The summed E-state index contributed by atoms with van der Waals surface area (Å²) in [5.74, 6) is -2.54. The van der Waals surface area contributed by atoms with Crippen molar-refractivity contribution in [3.8, 4) is 11.1 Å². The lowest BCUT2D eigenvalue weighted by atomic mass is 9.98. The third-order valence-electron chi connectivity index (χ3n) is 5.90. The minimum absolute atomic E-state index is 0.100. The van der Waals surface area contributed by atoms with Crippen molar-refractivity contribution < 1.29 is 33.0 Å². The van der Waals surface area contributed by atoms with Gasteiger partial charge in [0.05, 0.1) is 6.42 Å². The molecular weight excluding hydrogens is 446 g/mol. The number of carbonyl (C=O) groups is 3. The summed E-state index contributed by atoms with van der Waals surface area (Å²) in [5.41, 5.74) is 4.32. The van der Waals surface area contributed by atoms with Crippen LogP contribution in [0, 0.1) is 5.92 Å². The van der Waals surface area contributed by atoms with Crippen LogP contribution in [0.5, 0.6) is 0 Å². The van der Waals surface area contributed by atoms with Crippen LogP contribution in [0.25, 0.3) is 11.1 Å². The van der Waals surface area contributed by atoms with Crippen molar-refractivity contribution in [2.45, 2.75) is 51.1 Å². The van der Waals surface area contributed by atoms with Gasteiger partial charge in [0, 0.05) is 18.4 Å². The highest BCUT2D eigenvalue weighted by atomic mass is 19.3. The molecule has 1 unspecified atom stereocenters. The summed E-state index contributed by atoms with van der Waals surface area (Å²) >= 11 is 0. The van der Waals surface area contributed by atoms with Gasteiger partial charge in [-0.15, -0.1) is 0 Å². The number of hydrogen-bond acceptors (Lipinski definition) is 4. The molecule has 1 aliphatic carbocycles. The number of benzene rings is 2. The number of amides is 2. The number of fused-ring (bicyclic) bond motifs is 3. The van der Waals surface area contributed by atoms with E-state index in [1.54, 1.807) is 13.8 Å². The van der Waals surface area contributed by atoms with Gasteiger partial charge in [-0.25, -0.2) is 13.6 Å². The zero-order valence-corrected chi connectivity index (χ0v) is 19.0. The standard InChI is InChI=1S/C25H28F2N2O5/c1-14(2)20(11-22(30)28-21(24(26)27)12-23(31)32)29-25(33)34-13-19-17-9-5-3-7-15(17)16-8-4-6-10-18(16)19/h3-10,14,19-21,24H,11-13H2,1-2H3,(H,28,30)(H,29,33)(H,31,32)/t20-,21?/m0/s1. The molecule has 0 saturated heterocycles. The molecule has 2 aromatic rings. The van der Waals surface area contributed by atoms with Gasteiger partial charge in [0.15, 0.2) is 0 Å². The molecule has 2 atom stereocenters. The largest absolute Gasteiger partial charge is 0.481 e. The highest BCUT2D eigenvalue weighted by molar-refractivity contribution is 5.80. The van der Waals surface area contributed by atoms with Crippen LogP contribution in [0.3, 0.4) is 0 Å². The van der Waals surface area contributed by atoms with E-state index < -0.39 is 42.9 Å². The summed E-state index contributed by atoms with van der Waals surface area (Å²) in [5, 5.41) is 13.4. The molecule has 1 aliphatic rings. The maximum absolute atomic E-state index is 13.0. The lowest BCUT2D eigenvalue weighted by Gasteiger charge is -2.24. The first kappa shape index (κ1) is 25.1. The fraction of sp³-hybridized carbons (Fsp3) is 0.400. The third-order valence-corrected chi connectivity index (χ3v) is 5.90. The first-order valence-corrected chi connectivity index (χ1v) is 11.1. The van der Waals surface area contributed by atoms with E-state index in [2.05, 4.69) is 5.32 Å². The van der Waals surface area contributed by atoms with Crippen LogP contribution in [-0.4, -0.2) is 48.2 Å². The Labute approximate surface area is 196 Å². The number of carbonyl (C=O) groups excluding carboxylic acids is 2. The van der Waals surface area contributed by atoms with Crippen molar-refractivity contribution in [2.75, 3.05) is 6.61 Å². The molecule has 0 radical (unpaired) electrons. The summed E-state index contributed by atoms with van der Waals surface area (Å²) < 4.78 is 31.5. The number of carboxylic acid groups (broad SMARTS) is 1. The second-order valence-electron chi connectivity index (χ2n) is 8.63. The summed E-state index contributed by atoms with van der Waals surface area (Å²) in [4.78, 5) is 35.5. The van der Waals surface area contributed by atoms with Crippen molar-refractivity contribution in [1.29, 1.82) is 0 Å². The van der Waals surface area contributed by atoms with E-state index in [1.165, 1.54) is 0 Å². The average Bonchev–Trinajstić information content (AvgIpc) is 3.10. The number of alkyl carbamates (subject to hydrolysis) is 1. The van der Waals surface area contributed by atoms with E-state index in [9.17, 15) is 23.2 Å². The Bertz CT molecular complexity index is 998. The van der Waals surface area contributed by atoms with Gasteiger partial charge in [0.2, 0.25) is 5.91 Å². The van der Waals surface area contributed by atoms with Crippen LogP contribution >= 0.6 is 0 Å². The Morgan fingerprint density at radius 1 is 0.912 bits per heavy atom. The Morgan fingerprint density at radius 2 is 1.47 bits per heavy atom. The fourth-order valence-corrected chi connectivity index (χ4v) is 4.10. The minimum Gasteiger partial charge on any atom is -0.481 e. The van der Waals surface area contributed by atoms with Crippen molar-refractivity contribution in [3.63, 3.8) is 0 Å². The zero-order chi connectivity index (χ0) is 24.8. The summed E-state index contributed by atoms with van der Waals surface area (Å²) in [6.07, 6.45) is -4.92. The number of carboxylic acids is 1. The fourth-order valence-electron chi connectivity index (χ4n) is 4.10. The lowest BCUT2D eigenvalue weighted by molar-refractivity contribution is -0.139. The maximum Gasteiger partial charge on any atom is 0.407 e. The Hall–Kier alpha value is -3.49. The van der Waals surface area contributed by atoms with Crippen LogP contribution in [0.1, 0.15) is 43.7 Å². The van der Waals surface area contributed by atoms with Crippen LogP contribution in [0.4, 0.5) is 13.6 Å². The molecule has 0 aromatic heterocycles. The molecular formula is C25H28F2N2O5. The number of nitrogens with one attached hydrogen (secondary N) is 2. The molecule has 0 spiro atoms. The van der Waals surface area contributed by atoms with Gasteiger partial charge in [-0.3, -0.25) is 9.59 Å². The van der Waals surface area contributed by atoms with Gasteiger partial charge < -0.3 is 20.5 Å². The quantitative estimate of drug-likeness (QED) is 0.480. The van der Waals surface area contributed by atoms with Crippen LogP contribution in [0.2, 0.25) is 0 Å². The molecule has 0 aliphatic heterocycles. The first-order chi connectivity index (χ1) is 16.2. The van der Waals surface area contributed by atoms with E-state index in [0.29, 0.717) is 0 Å². The number of ether oxygens (including phenoxy) is 1. The number of alkyl halides is 2. The molecule has 2 amide bonds. The molecule has 0 bridgehead atoms. The van der Waals surface area contributed by atoms with Crippen molar-refractivity contribution >= 4 is 18.0 Å². The van der Waals surface area contributed by atoms with Crippen LogP contribution in [0.15, 0.2) is 48.5 Å². The van der Waals surface area contributed by atoms with E-state index in [-0.39, 0.29) is 24.9 Å². The molecule has 0 saturated carbocycles. The highest BCUT2D eigenvalue weighted by Gasteiger charge is 2.30. The molecule has 0 fully saturated rings. The van der Waals surface area contributed by atoms with Crippen molar-refractivity contribution in [2.24, 2.45) is 5.92 Å². The smallest absolute Gasteiger partial charge is 0.407 e. The highest BCUT2D eigenvalue weighted by Crippen LogP contribution is 2.44. The van der Waals surface area contributed by atoms with E-state index in [4.69, 9.17) is 9.84 Å². The first-order valence-electron chi connectivity index (χ1n) is 11.1. The number of rotatable bonds is 10. The Balaban J connectivity index is 1.59. The van der Waals surface area contributed by atoms with Crippen LogP contribution in [-0.2, 0) is 14.3 Å². The van der Waals surface area contributed by atoms with Gasteiger partial charge in [-0.2, -0.15) is 0 Å². The van der Waals surface area contributed by atoms with Gasteiger partial charge in [-0.1, -0.05) is 62.4 Å². The van der Waals surface area contributed by atoms with Gasteiger partial charge in [-0.05, 0) is 28.2 Å².